The second-order valence-electron chi connectivity index (χ2n) is 5.13. The minimum atomic E-state index is -5.08. The molecule has 3 N–H and O–H groups in total. The van der Waals surface area contributed by atoms with Gasteiger partial charge in [0.2, 0.25) is 0 Å². The first-order chi connectivity index (χ1) is 12.0. The standard InChI is InChI=1S/C13H16N2O2S2.C2HF3O2/c1-8-12(15-9(2)19-8)6-14-11(5-13(16)17)10-3-4-18-7-10;3-2(4,5)1(6)7/h3-4,7,11,14H,5-6H2,1-2H3,(H,16,17);(H,6,7). The number of nitrogens with zero attached hydrogens (tertiary/aromatic N) is 1. The largest absolute Gasteiger partial charge is 0.490 e. The summed E-state index contributed by atoms with van der Waals surface area (Å²) in [5.41, 5.74) is 2.03. The molecule has 2 rings (SSSR count). The molecule has 0 aromatic carbocycles. The van der Waals surface area contributed by atoms with Crippen LogP contribution in [0.15, 0.2) is 16.8 Å². The minimum absolute atomic E-state index is 0.0822. The van der Waals surface area contributed by atoms with Gasteiger partial charge < -0.3 is 15.5 Å². The summed E-state index contributed by atoms with van der Waals surface area (Å²) in [4.78, 5) is 25.5. The Morgan fingerprint density at radius 2 is 1.92 bits per heavy atom. The molecule has 0 aliphatic rings. The maximum absolute atomic E-state index is 10.9. The van der Waals surface area contributed by atoms with Crippen molar-refractivity contribution in [2.75, 3.05) is 0 Å². The molecule has 0 aliphatic heterocycles. The number of aliphatic carboxylic acids is 2. The fourth-order valence-corrected chi connectivity index (χ4v) is 3.46. The third kappa shape index (κ3) is 7.50. The number of hydrogen-bond donors (Lipinski definition) is 3. The number of thiazole rings is 1. The van der Waals surface area contributed by atoms with Gasteiger partial charge in [-0.05, 0) is 36.2 Å². The highest BCUT2D eigenvalue weighted by Crippen LogP contribution is 2.22. The van der Waals surface area contributed by atoms with E-state index in [1.54, 1.807) is 22.7 Å². The lowest BCUT2D eigenvalue weighted by Gasteiger charge is -2.15. The fraction of sp³-hybridized carbons (Fsp3) is 0.400. The van der Waals surface area contributed by atoms with E-state index in [1.165, 1.54) is 4.88 Å². The molecule has 2 heterocycles. The van der Waals surface area contributed by atoms with E-state index in [0.717, 1.165) is 16.3 Å². The lowest BCUT2D eigenvalue weighted by Crippen LogP contribution is -2.23. The number of hydrogen-bond acceptors (Lipinski definition) is 6. The second kappa shape index (κ2) is 9.64. The number of halogens is 3. The van der Waals surface area contributed by atoms with Crippen LogP contribution in [0.2, 0.25) is 0 Å². The van der Waals surface area contributed by atoms with Crippen molar-refractivity contribution in [3.8, 4) is 0 Å². The first-order valence-corrected chi connectivity index (χ1v) is 8.97. The zero-order chi connectivity index (χ0) is 19.9. The Kier molecular flexibility index (Phi) is 8.18. The van der Waals surface area contributed by atoms with E-state index in [4.69, 9.17) is 15.0 Å². The molecule has 2 aromatic heterocycles. The number of rotatable bonds is 6. The summed E-state index contributed by atoms with van der Waals surface area (Å²) in [5, 5.41) is 24.4. The highest BCUT2D eigenvalue weighted by molar-refractivity contribution is 7.11. The number of aryl methyl sites for hydroxylation is 2. The lowest BCUT2D eigenvalue weighted by molar-refractivity contribution is -0.192. The summed E-state index contributed by atoms with van der Waals surface area (Å²) in [6.45, 7) is 4.62. The molecule has 0 saturated heterocycles. The molecule has 11 heteroatoms. The average Bonchev–Trinajstić information content (AvgIpc) is 3.12. The number of carbonyl (C=O) groups is 2. The number of alkyl halides is 3. The van der Waals surface area contributed by atoms with Gasteiger partial charge in [-0.2, -0.15) is 24.5 Å². The van der Waals surface area contributed by atoms with E-state index in [0.29, 0.717) is 6.54 Å². The molecule has 1 unspecified atom stereocenters. The van der Waals surface area contributed by atoms with Crippen LogP contribution in [0.1, 0.15) is 33.6 Å². The Balaban J connectivity index is 0.000000412. The molecule has 0 fully saturated rings. The molecule has 1 atom stereocenters. The molecule has 0 aliphatic carbocycles. The quantitative estimate of drug-likeness (QED) is 0.671. The minimum Gasteiger partial charge on any atom is -0.481 e. The van der Waals surface area contributed by atoms with E-state index in [-0.39, 0.29) is 12.5 Å². The van der Waals surface area contributed by atoms with Crippen molar-refractivity contribution in [1.29, 1.82) is 0 Å². The van der Waals surface area contributed by atoms with Crippen molar-refractivity contribution < 1.29 is 33.0 Å². The van der Waals surface area contributed by atoms with Crippen LogP contribution >= 0.6 is 22.7 Å². The normalized spacial score (nSPS) is 12.2. The van der Waals surface area contributed by atoms with Gasteiger partial charge in [0.25, 0.3) is 0 Å². The topological polar surface area (TPSA) is 99.5 Å². The van der Waals surface area contributed by atoms with E-state index in [1.807, 2.05) is 30.7 Å². The molecule has 144 valence electrons. The van der Waals surface area contributed by atoms with Crippen LogP contribution in [0.4, 0.5) is 13.2 Å². The smallest absolute Gasteiger partial charge is 0.481 e. The van der Waals surface area contributed by atoms with E-state index < -0.39 is 18.1 Å². The summed E-state index contributed by atoms with van der Waals surface area (Å²) < 4.78 is 31.7. The summed E-state index contributed by atoms with van der Waals surface area (Å²) in [6.07, 6.45) is -5.00. The zero-order valence-corrected chi connectivity index (χ0v) is 15.5. The van der Waals surface area contributed by atoms with Gasteiger partial charge in [0.15, 0.2) is 0 Å². The van der Waals surface area contributed by atoms with Gasteiger partial charge >= 0.3 is 18.1 Å². The van der Waals surface area contributed by atoms with Crippen LogP contribution in [0.5, 0.6) is 0 Å². The molecule has 0 radical (unpaired) electrons. The Hall–Kier alpha value is -1.98. The molecule has 0 saturated carbocycles. The summed E-state index contributed by atoms with van der Waals surface area (Å²) in [6, 6.07) is 1.80. The van der Waals surface area contributed by atoms with Crippen LogP contribution in [-0.2, 0) is 16.1 Å². The van der Waals surface area contributed by atoms with Crippen molar-refractivity contribution in [2.45, 2.75) is 39.0 Å². The number of aromatic nitrogens is 1. The average molecular weight is 410 g/mol. The van der Waals surface area contributed by atoms with E-state index in [2.05, 4.69) is 10.3 Å². The van der Waals surface area contributed by atoms with Crippen molar-refractivity contribution in [3.05, 3.63) is 38.0 Å². The van der Waals surface area contributed by atoms with Crippen LogP contribution in [-0.4, -0.2) is 33.3 Å². The van der Waals surface area contributed by atoms with Crippen LogP contribution in [0.25, 0.3) is 0 Å². The van der Waals surface area contributed by atoms with Crippen LogP contribution < -0.4 is 5.32 Å². The Morgan fingerprint density at radius 3 is 2.31 bits per heavy atom. The van der Waals surface area contributed by atoms with Gasteiger partial charge in [-0.25, -0.2) is 9.78 Å². The third-order valence-electron chi connectivity index (χ3n) is 3.08. The third-order valence-corrected chi connectivity index (χ3v) is 4.71. The van der Waals surface area contributed by atoms with Gasteiger partial charge in [0.1, 0.15) is 0 Å². The van der Waals surface area contributed by atoms with Crippen molar-refractivity contribution >= 4 is 34.6 Å². The second-order valence-corrected chi connectivity index (χ2v) is 7.31. The van der Waals surface area contributed by atoms with Crippen molar-refractivity contribution in [2.24, 2.45) is 0 Å². The van der Waals surface area contributed by atoms with E-state index >= 15 is 0 Å². The maximum atomic E-state index is 10.9. The maximum Gasteiger partial charge on any atom is 0.490 e. The fourth-order valence-electron chi connectivity index (χ4n) is 1.91. The number of carboxylic acids is 2. The Morgan fingerprint density at radius 1 is 1.31 bits per heavy atom. The van der Waals surface area contributed by atoms with Gasteiger partial charge in [-0.1, -0.05) is 0 Å². The Labute approximate surface area is 155 Å². The van der Waals surface area contributed by atoms with E-state index in [9.17, 15) is 18.0 Å². The van der Waals surface area contributed by atoms with Gasteiger partial charge in [-0.3, -0.25) is 4.79 Å². The molecule has 0 amide bonds. The number of carboxylic acid groups (broad SMARTS) is 2. The van der Waals surface area contributed by atoms with Crippen molar-refractivity contribution in [3.63, 3.8) is 0 Å². The van der Waals surface area contributed by atoms with Gasteiger partial charge in [-0.15, -0.1) is 11.3 Å². The monoisotopic (exact) mass is 410 g/mol. The van der Waals surface area contributed by atoms with Gasteiger partial charge in [0, 0.05) is 17.5 Å². The highest BCUT2D eigenvalue weighted by Gasteiger charge is 2.38. The lowest BCUT2D eigenvalue weighted by atomic mass is 10.1. The zero-order valence-electron chi connectivity index (χ0n) is 13.8. The SMILES string of the molecule is Cc1nc(CNC(CC(=O)O)c2ccsc2)c(C)s1.O=C(O)C(F)(F)F. The summed E-state index contributed by atoms with van der Waals surface area (Å²) >= 11 is 3.24. The molecule has 0 bridgehead atoms. The molecule has 26 heavy (non-hydrogen) atoms. The van der Waals surface area contributed by atoms with Crippen LogP contribution in [0.3, 0.4) is 0 Å². The van der Waals surface area contributed by atoms with Gasteiger partial charge in [0.05, 0.1) is 17.1 Å². The first-order valence-electron chi connectivity index (χ1n) is 7.21. The predicted molar refractivity (Wildman–Crippen MR) is 91.4 cm³/mol. The first kappa shape index (κ1) is 22.1. The number of thiophene rings is 1. The summed E-state index contributed by atoms with van der Waals surface area (Å²) in [5.74, 6) is -3.55. The summed E-state index contributed by atoms with van der Waals surface area (Å²) in [7, 11) is 0. The predicted octanol–water partition coefficient (Wildman–Crippen LogP) is 3.76. The molecule has 0 spiro atoms. The molecular weight excluding hydrogens is 393 g/mol. The molecule has 6 nitrogen and oxygen atoms in total. The number of nitrogens with one attached hydrogen (secondary N) is 1. The Bertz CT molecular complexity index is 730. The molecule has 2 aromatic rings. The van der Waals surface area contributed by atoms with Crippen LogP contribution in [0, 0.1) is 13.8 Å². The van der Waals surface area contributed by atoms with Crippen molar-refractivity contribution in [1.82, 2.24) is 10.3 Å². The highest BCUT2D eigenvalue weighted by atomic mass is 32.1. The molecular formula is C15H17F3N2O4S2.